The number of ether oxygens (including phenoxy) is 1. The van der Waals surface area contributed by atoms with Crippen molar-refractivity contribution in [1.29, 1.82) is 0 Å². The number of carbonyl (C=O) groups excluding carboxylic acids is 1. The molecule has 0 rings (SSSR count). The molecule has 0 heterocycles. The van der Waals surface area contributed by atoms with Gasteiger partial charge in [0.25, 0.3) is 0 Å². The summed E-state index contributed by atoms with van der Waals surface area (Å²) in [6.45, 7) is 7.03. The quantitative estimate of drug-likeness (QED) is 0.222. The van der Waals surface area contributed by atoms with E-state index in [1.54, 1.807) is 24.1 Å². The van der Waals surface area contributed by atoms with E-state index in [0.29, 0.717) is 18.8 Å². The Morgan fingerprint density at radius 3 is 2.55 bits per heavy atom. The molecule has 1 amide bonds. The first-order valence-electron chi connectivity index (χ1n) is 7.52. The zero-order chi connectivity index (χ0) is 17.0. The van der Waals surface area contributed by atoms with Gasteiger partial charge < -0.3 is 20.6 Å². The molecule has 22 heavy (non-hydrogen) atoms. The molecule has 0 aliphatic heterocycles. The van der Waals surface area contributed by atoms with Crippen molar-refractivity contribution in [2.75, 3.05) is 26.7 Å². The lowest BCUT2D eigenvalue weighted by molar-refractivity contribution is -0.129. The summed E-state index contributed by atoms with van der Waals surface area (Å²) >= 11 is 0. The number of allylic oxidation sites excluding steroid dienone is 1. The molecule has 0 spiro atoms. The second-order valence-corrected chi connectivity index (χ2v) is 4.69. The van der Waals surface area contributed by atoms with Crippen LogP contribution in [-0.2, 0) is 9.53 Å². The molecule has 0 saturated heterocycles. The lowest BCUT2D eigenvalue weighted by Gasteiger charge is -2.21. The van der Waals surface area contributed by atoms with Gasteiger partial charge in [-0.2, -0.15) is 0 Å². The summed E-state index contributed by atoms with van der Waals surface area (Å²) in [5, 5.41) is 12.1. The van der Waals surface area contributed by atoms with Crippen LogP contribution in [0.15, 0.2) is 22.0 Å². The van der Waals surface area contributed by atoms with Crippen molar-refractivity contribution in [3.05, 3.63) is 11.8 Å². The highest BCUT2D eigenvalue weighted by Crippen LogP contribution is 2.09. The number of oxime groups is 1. The maximum atomic E-state index is 11.6. The maximum Gasteiger partial charge on any atom is 0.236 e. The molecule has 7 heteroatoms. The Morgan fingerprint density at radius 1 is 1.45 bits per heavy atom. The van der Waals surface area contributed by atoms with Crippen molar-refractivity contribution >= 4 is 18.0 Å². The number of rotatable bonds is 9. The smallest absolute Gasteiger partial charge is 0.236 e. The Labute approximate surface area is 132 Å². The van der Waals surface area contributed by atoms with Gasteiger partial charge in [0.1, 0.15) is 0 Å². The molecule has 0 aromatic heterocycles. The minimum Gasteiger partial charge on any atom is -0.493 e. The SMILES string of the molecule is C/C=C(OC)/C(N=CC(CC)CCN(CC)C(=O)CN)=N/O. The van der Waals surface area contributed by atoms with Crippen LogP contribution in [0.2, 0.25) is 0 Å². The van der Waals surface area contributed by atoms with Crippen LogP contribution in [0.4, 0.5) is 0 Å². The zero-order valence-corrected chi connectivity index (χ0v) is 14.0. The minimum atomic E-state index is -0.0533. The van der Waals surface area contributed by atoms with E-state index in [2.05, 4.69) is 10.1 Å². The highest BCUT2D eigenvalue weighted by molar-refractivity contribution is 6.00. The van der Waals surface area contributed by atoms with Crippen molar-refractivity contribution < 1.29 is 14.7 Å². The molecule has 7 nitrogen and oxygen atoms in total. The summed E-state index contributed by atoms with van der Waals surface area (Å²) in [6.07, 6.45) is 5.05. The number of nitrogens with two attached hydrogens (primary N) is 1. The minimum absolute atomic E-state index is 0.0263. The van der Waals surface area contributed by atoms with Gasteiger partial charge in [-0.1, -0.05) is 12.1 Å². The molecule has 0 aliphatic carbocycles. The van der Waals surface area contributed by atoms with Crippen LogP contribution in [0, 0.1) is 5.92 Å². The lowest BCUT2D eigenvalue weighted by atomic mass is 10.0. The van der Waals surface area contributed by atoms with Gasteiger partial charge in [-0.05, 0) is 38.7 Å². The predicted octanol–water partition coefficient (Wildman–Crippen LogP) is 1.62. The van der Waals surface area contributed by atoms with Crippen LogP contribution in [-0.4, -0.2) is 54.8 Å². The Bertz CT molecular complexity index is 419. The summed E-state index contributed by atoms with van der Waals surface area (Å²) in [4.78, 5) is 17.5. The van der Waals surface area contributed by atoms with E-state index in [4.69, 9.17) is 15.7 Å². The van der Waals surface area contributed by atoms with Crippen LogP contribution in [0.1, 0.15) is 33.6 Å². The van der Waals surface area contributed by atoms with Gasteiger partial charge in [0.05, 0.1) is 13.7 Å². The maximum absolute atomic E-state index is 11.6. The summed E-state index contributed by atoms with van der Waals surface area (Å²) in [5.41, 5.74) is 5.39. The van der Waals surface area contributed by atoms with E-state index < -0.39 is 0 Å². The zero-order valence-electron chi connectivity index (χ0n) is 14.0. The van der Waals surface area contributed by atoms with Crippen molar-refractivity contribution in [3.63, 3.8) is 0 Å². The lowest BCUT2D eigenvalue weighted by Crippen LogP contribution is -2.37. The van der Waals surface area contributed by atoms with E-state index in [1.165, 1.54) is 7.11 Å². The molecule has 0 aliphatic rings. The van der Waals surface area contributed by atoms with Gasteiger partial charge >= 0.3 is 0 Å². The number of amides is 1. The first kappa shape index (κ1) is 20.1. The van der Waals surface area contributed by atoms with Crippen molar-refractivity contribution in [2.45, 2.75) is 33.6 Å². The van der Waals surface area contributed by atoms with Crippen molar-refractivity contribution in [3.8, 4) is 0 Å². The van der Waals surface area contributed by atoms with Crippen LogP contribution in [0.5, 0.6) is 0 Å². The number of methoxy groups -OCH3 is 1. The topological polar surface area (TPSA) is 101 Å². The number of hydrogen-bond acceptors (Lipinski definition) is 5. The first-order valence-corrected chi connectivity index (χ1v) is 7.52. The van der Waals surface area contributed by atoms with Gasteiger partial charge in [0.2, 0.25) is 11.7 Å². The third-order valence-corrected chi connectivity index (χ3v) is 3.41. The fourth-order valence-corrected chi connectivity index (χ4v) is 1.95. The Kier molecular flexibility index (Phi) is 10.7. The fraction of sp³-hybridized carbons (Fsp3) is 0.667. The van der Waals surface area contributed by atoms with Crippen molar-refractivity contribution in [1.82, 2.24) is 4.90 Å². The Morgan fingerprint density at radius 2 is 2.14 bits per heavy atom. The van der Waals surface area contributed by atoms with E-state index in [9.17, 15) is 4.79 Å². The third kappa shape index (κ3) is 6.71. The molecule has 0 radical (unpaired) electrons. The van der Waals surface area contributed by atoms with Gasteiger partial charge in [0, 0.05) is 19.3 Å². The average molecular weight is 312 g/mol. The third-order valence-electron chi connectivity index (χ3n) is 3.41. The molecular weight excluding hydrogens is 284 g/mol. The fourth-order valence-electron chi connectivity index (χ4n) is 1.95. The number of aliphatic imine (C=N–C) groups is 1. The normalized spacial score (nSPS) is 14.2. The number of likely N-dealkylation sites (N-methyl/N-ethyl adjacent to an activating group) is 1. The molecule has 0 aromatic carbocycles. The summed E-state index contributed by atoms with van der Waals surface area (Å²) < 4.78 is 5.07. The second kappa shape index (κ2) is 11.7. The highest BCUT2D eigenvalue weighted by atomic mass is 16.5. The van der Waals surface area contributed by atoms with Crippen molar-refractivity contribution in [2.24, 2.45) is 21.8 Å². The molecule has 0 aromatic rings. The van der Waals surface area contributed by atoms with E-state index in [-0.39, 0.29) is 24.2 Å². The van der Waals surface area contributed by atoms with Crippen LogP contribution in [0.25, 0.3) is 0 Å². The van der Waals surface area contributed by atoms with E-state index in [1.807, 2.05) is 13.8 Å². The molecule has 1 unspecified atom stereocenters. The van der Waals surface area contributed by atoms with Gasteiger partial charge in [-0.3, -0.25) is 4.79 Å². The summed E-state index contributed by atoms with van der Waals surface area (Å²) in [6, 6.07) is 0. The number of carbonyl (C=O) groups is 1. The molecular formula is C15H28N4O3. The van der Waals surface area contributed by atoms with Gasteiger partial charge in [-0.15, -0.1) is 0 Å². The van der Waals surface area contributed by atoms with Gasteiger partial charge in [0.15, 0.2) is 5.76 Å². The number of amidine groups is 1. The van der Waals surface area contributed by atoms with Crippen LogP contribution < -0.4 is 5.73 Å². The van der Waals surface area contributed by atoms with Crippen LogP contribution >= 0.6 is 0 Å². The first-order chi connectivity index (χ1) is 10.6. The number of hydrogen-bond donors (Lipinski definition) is 2. The summed E-state index contributed by atoms with van der Waals surface area (Å²) in [7, 11) is 1.49. The Balaban J connectivity index is 4.72. The largest absolute Gasteiger partial charge is 0.493 e. The molecule has 0 bridgehead atoms. The molecule has 3 N–H and O–H groups in total. The monoisotopic (exact) mass is 312 g/mol. The number of nitrogens with zero attached hydrogens (tertiary/aromatic N) is 3. The Hall–Kier alpha value is -1.89. The summed E-state index contributed by atoms with van der Waals surface area (Å²) in [5.74, 6) is 0.657. The van der Waals surface area contributed by atoms with E-state index in [0.717, 1.165) is 12.8 Å². The van der Waals surface area contributed by atoms with E-state index >= 15 is 0 Å². The predicted molar refractivity (Wildman–Crippen MR) is 88.2 cm³/mol. The average Bonchev–Trinajstić information content (AvgIpc) is 2.56. The van der Waals surface area contributed by atoms with Gasteiger partial charge in [-0.25, -0.2) is 4.99 Å². The standard InChI is InChI=1S/C15H28N4O3/c1-5-12(8-9-19(7-3)14(20)10-16)11-17-15(18-21)13(6-2)22-4/h6,11-12,21H,5,7-10,16H2,1-4H3/b13-6-,17-11?,18-15-. The van der Waals surface area contributed by atoms with Crippen LogP contribution in [0.3, 0.4) is 0 Å². The molecule has 0 saturated carbocycles. The molecule has 0 fully saturated rings. The highest BCUT2D eigenvalue weighted by Gasteiger charge is 2.12. The molecule has 1 atom stereocenters. The molecule has 126 valence electrons. The second-order valence-electron chi connectivity index (χ2n) is 4.69.